The lowest BCUT2D eigenvalue weighted by Gasteiger charge is -2.10. The molecule has 1 nitrogen and oxygen atoms in total. The Bertz CT molecular complexity index is 1440. The molecule has 1 heteroatoms. The number of aromatic nitrogens is 1. The van der Waals surface area contributed by atoms with Crippen molar-refractivity contribution in [2.45, 2.75) is 13.8 Å². The molecule has 5 aromatic carbocycles. The number of aromatic amines is 1. The number of hydrogen-bond donors (Lipinski definition) is 1. The molecule has 0 saturated carbocycles. The fourth-order valence-electron chi connectivity index (χ4n) is 4.25. The van der Waals surface area contributed by atoms with Gasteiger partial charge in [-0.15, -0.1) is 0 Å². The summed E-state index contributed by atoms with van der Waals surface area (Å²) in [4.78, 5) is 3.58. The van der Waals surface area contributed by atoms with Crippen molar-refractivity contribution in [1.82, 2.24) is 4.98 Å². The average Bonchev–Trinajstić information content (AvgIpc) is 3.12. The number of hydrogen-bond acceptors (Lipinski definition) is 0. The number of rotatable bonds is 0. The Labute approximate surface area is 158 Å². The van der Waals surface area contributed by atoms with E-state index in [1.54, 1.807) is 0 Å². The quantitative estimate of drug-likeness (QED) is 0.270. The first-order chi connectivity index (χ1) is 13.4. The molecule has 0 amide bonds. The van der Waals surface area contributed by atoms with Gasteiger partial charge in [0.1, 0.15) is 0 Å². The maximum Gasteiger partial charge on any atom is 0.0471 e. The van der Waals surface area contributed by atoms with Crippen LogP contribution in [0.1, 0.15) is 13.8 Å². The van der Waals surface area contributed by atoms with Gasteiger partial charge in [-0.1, -0.05) is 80.6 Å². The SMILES string of the molecule is CC.c1ccc2c(c1)[nH]c1cc3c4ccccc4c4ccccc4c3cc12. The van der Waals surface area contributed by atoms with E-state index in [0.29, 0.717) is 0 Å². The second-order valence-corrected chi connectivity index (χ2v) is 6.71. The molecular formula is C26H21N. The Morgan fingerprint density at radius 3 is 1.44 bits per heavy atom. The molecule has 1 aromatic heterocycles. The molecule has 0 spiro atoms. The fraction of sp³-hybridized carbons (Fsp3) is 0.0769. The van der Waals surface area contributed by atoms with Crippen LogP contribution < -0.4 is 0 Å². The summed E-state index contributed by atoms with van der Waals surface area (Å²) in [6.45, 7) is 4.00. The van der Waals surface area contributed by atoms with Crippen LogP contribution in [-0.2, 0) is 0 Å². The Kier molecular flexibility index (Phi) is 3.61. The number of benzene rings is 5. The molecule has 6 rings (SSSR count). The largest absolute Gasteiger partial charge is 0.354 e. The van der Waals surface area contributed by atoms with Crippen LogP contribution in [0, 0.1) is 0 Å². The minimum Gasteiger partial charge on any atom is -0.354 e. The number of H-pyrrole nitrogens is 1. The summed E-state index contributed by atoms with van der Waals surface area (Å²) in [5.41, 5.74) is 2.40. The second-order valence-electron chi connectivity index (χ2n) is 6.71. The van der Waals surface area contributed by atoms with Gasteiger partial charge in [0.15, 0.2) is 0 Å². The zero-order valence-electron chi connectivity index (χ0n) is 15.6. The molecule has 0 aliphatic heterocycles. The van der Waals surface area contributed by atoms with Crippen molar-refractivity contribution in [2.24, 2.45) is 0 Å². The Balaban J connectivity index is 0.000000777. The topological polar surface area (TPSA) is 15.8 Å². The highest BCUT2D eigenvalue weighted by molar-refractivity contribution is 6.28. The Hall–Kier alpha value is -3.32. The maximum atomic E-state index is 3.58. The summed E-state index contributed by atoms with van der Waals surface area (Å²) in [5.74, 6) is 0. The van der Waals surface area contributed by atoms with Gasteiger partial charge < -0.3 is 4.98 Å². The van der Waals surface area contributed by atoms with Crippen LogP contribution in [0.2, 0.25) is 0 Å². The minimum atomic E-state index is 1.20. The summed E-state index contributed by atoms with van der Waals surface area (Å²) in [6, 6.07) is 30.7. The zero-order chi connectivity index (χ0) is 18.4. The smallest absolute Gasteiger partial charge is 0.0471 e. The summed E-state index contributed by atoms with van der Waals surface area (Å²) in [6.07, 6.45) is 0. The van der Waals surface area contributed by atoms with Crippen molar-refractivity contribution in [2.75, 3.05) is 0 Å². The molecule has 0 saturated heterocycles. The lowest BCUT2D eigenvalue weighted by Crippen LogP contribution is -1.83. The number of nitrogens with one attached hydrogen (secondary N) is 1. The Morgan fingerprint density at radius 1 is 0.407 bits per heavy atom. The van der Waals surface area contributed by atoms with E-state index < -0.39 is 0 Å². The third-order valence-corrected chi connectivity index (χ3v) is 5.37. The van der Waals surface area contributed by atoms with Gasteiger partial charge in [-0.2, -0.15) is 0 Å². The van der Waals surface area contributed by atoms with Gasteiger partial charge in [0.05, 0.1) is 0 Å². The van der Waals surface area contributed by atoms with Gasteiger partial charge in [-0.05, 0) is 50.5 Å². The van der Waals surface area contributed by atoms with Gasteiger partial charge in [0.25, 0.3) is 0 Å². The van der Waals surface area contributed by atoms with Crippen molar-refractivity contribution in [3.63, 3.8) is 0 Å². The first-order valence-corrected chi connectivity index (χ1v) is 9.64. The molecule has 0 radical (unpaired) electrons. The van der Waals surface area contributed by atoms with Crippen LogP contribution in [0.25, 0.3) is 54.1 Å². The molecule has 0 bridgehead atoms. The van der Waals surface area contributed by atoms with Crippen LogP contribution >= 0.6 is 0 Å². The zero-order valence-corrected chi connectivity index (χ0v) is 15.6. The van der Waals surface area contributed by atoms with E-state index in [4.69, 9.17) is 0 Å². The monoisotopic (exact) mass is 347 g/mol. The van der Waals surface area contributed by atoms with E-state index in [0.717, 1.165) is 0 Å². The summed E-state index contributed by atoms with van der Waals surface area (Å²) in [5, 5.41) is 10.5. The Morgan fingerprint density at radius 2 is 0.852 bits per heavy atom. The second kappa shape index (κ2) is 6.14. The fourth-order valence-corrected chi connectivity index (χ4v) is 4.25. The van der Waals surface area contributed by atoms with E-state index in [9.17, 15) is 0 Å². The van der Waals surface area contributed by atoms with Gasteiger partial charge >= 0.3 is 0 Å². The predicted molar refractivity (Wildman–Crippen MR) is 120 cm³/mol. The van der Waals surface area contributed by atoms with Crippen molar-refractivity contribution in [1.29, 1.82) is 0 Å². The van der Waals surface area contributed by atoms with Gasteiger partial charge in [0.2, 0.25) is 0 Å². The number of fused-ring (bicyclic) bond motifs is 9. The van der Waals surface area contributed by atoms with Gasteiger partial charge in [0, 0.05) is 21.8 Å². The predicted octanol–water partition coefficient (Wildman–Crippen LogP) is 7.81. The normalized spacial score (nSPS) is 11.3. The molecule has 27 heavy (non-hydrogen) atoms. The van der Waals surface area contributed by atoms with Crippen LogP contribution in [0.4, 0.5) is 0 Å². The summed E-state index contributed by atoms with van der Waals surface area (Å²) < 4.78 is 0. The van der Waals surface area contributed by atoms with E-state index in [1.807, 2.05) is 13.8 Å². The molecule has 1 N–H and O–H groups in total. The highest BCUT2D eigenvalue weighted by Gasteiger charge is 2.11. The highest BCUT2D eigenvalue weighted by Crippen LogP contribution is 2.38. The lowest BCUT2D eigenvalue weighted by atomic mass is 9.93. The van der Waals surface area contributed by atoms with E-state index in [1.165, 1.54) is 54.1 Å². The first kappa shape index (κ1) is 15.9. The van der Waals surface area contributed by atoms with Crippen molar-refractivity contribution in [3.05, 3.63) is 84.9 Å². The molecular weight excluding hydrogens is 326 g/mol. The third-order valence-electron chi connectivity index (χ3n) is 5.37. The molecule has 130 valence electrons. The lowest BCUT2D eigenvalue weighted by molar-refractivity contribution is 1.50. The number of para-hydroxylation sites is 1. The summed E-state index contributed by atoms with van der Waals surface area (Å²) in [7, 11) is 0. The molecule has 0 atom stereocenters. The standard InChI is InChI=1S/C24H15N.C2H6/c1-3-9-17-15(7-1)16-8-2-4-10-18(16)21-14-24-22(13-20(17)21)19-11-5-6-12-23(19)25-24;1-2/h1-14,25H;1-2H3. The average molecular weight is 347 g/mol. The molecule has 6 aromatic rings. The molecule has 1 heterocycles. The minimum absolute atomic E-state index is 1.20. The van der Waals surface area contributed by atoms with Gasteiger partial charge in [-0.25, -0.2) is 0 Å². The van der Waals surface area contributed by atoms with Crippen molar-refractivity contribution in [3.8, 4) is 0 Å². The van der Waals surface area contributed by atoms with Crippen LogP contribution in [0.3, 0.4) is 0 Å². The molecule has 0 fully saturated rings. The first-order valence-electron chi connectivity index (χ1n) is 9.64. The molecule has 0 unspecified atom stereocenters. The third kappa shape index (κ3) is 2.25. The maximum absolute atomic E-state index is 3.58. The van der Waals surface area contributed by atoms with Gasteiger partial charge in [-0.3, -0.25) is 0 Å². The van der Waals surface area contributed by atoms with E-state index >= 15 is 0 Å². The molecule has 0 aliphatic carbocycles. The summed E-state index contributed by atoms with van der Waals surface area (Å²) >= 11 is 0. The van der Waals surface area contributed by atoms with Crippen LogP contribution in [0.15, 0.2) is 84.9 Å². The van der Waals surface area contributed by atoms with E-state index in [-0.39, 0.29) is 0 Å². The molecule has 0 aliphatic rings. The van der Waals surface area contributed by atoms with Crippen molar-refractivity contribution < 1.29 is 0 Å². The van der Waals surface area contributed by atoms with Crippen LogP contribution in [-0.4, -0.2) is 4.98 Å². The van der Waals surface area contributed by atoms with Crippen LogP contribution in [0.5, 0.6) is 0 Å². The highest BCUT2D eigenvalue weighted by atomic mass is 14.7. The van der Waals surface area contributed by atoms with Crippen molar-refractivity contribution >= 4 is 54.1 Å². The van der Waals surface area contributed by atoms with E-state index in [2.05, 4.69) is 89.9 Å².